The molecule has 6 aromatic rings. The number of hydrogen-bond acceptors (Lipinski definition) is 8. The third kappa shape index (κ3) is 8.40. The van der Waals surface area contributed by atoms with Crippen LogP contribution in [0.5, 0.6) is 0 Å². The highest BCUT2D eigenvalue weighted by atomic mass is 16.5. The zero-order valence-corrected chi connectivity index (χ0v) is 37.9. The molecular formula is C50H58N8O6. The molecule has 4 atom stereocenters. The van der Waals surface area contributed by atoms with Crippen molar-refractivity contribution in [1.82, 2.24) is 40.4 Å². The van der Waals surface area contributed by atoms with Crippen LogP contribution in [-0.4, -0.2) is 93.1 Å². The maximum Gasteiger partial charge on any atom is 0.407 e. The van der Waals surface area contributed by atoms with E-state index in [1.165, 1.54) is 36.1 Å². The van der Waals surface area contributed by atoms with Crippen LogP contribution in [-0.2, 0) is 19.1 Å². The molecule has 14 heteroatoms. The van der Waals surface area contributed by atoms with Crippen molar-refractivity contribution in [3.05, 3.63) is 95.7 Å². The molecule has 0 aliphatic carbocycles. The molecule has 64 heavy (non-hydrogen) atoms. The summed E-state index contributed by atoms with van der Waals surface area (Å²) in [4.78, 5) is 72.1. The normalized spacial score (nSPS) is 17.3. The summed E-state index contributed by atoms with van der Waals surface area (Å²) >= 11 is 0. The molecule has 0 spiro atoms. The number of nitrogens with one attached hydrogen (secondary N) is 4. The second-order valence-corrected chi connectivity index (χ2v) is 17.8. The molecule has 4 N–H and O–H groups in total. The van der Waals surface area contributed by atoms with Crippen molar-refractivity contribution in [3.8, 4) is 33.5 Å². The topological polar surface area (TPSA) is 175 Å². The summed E-state index contributed by atoms with van der Waals surface area (Å²) in [5.41, 5.74) is 10.3. The number of nitrogens with zero attached hydrogens (tertiary/aromatic N) is 4. The van der Waals surface area contributed by atoms with Gasteiger partial charge in [0.2, 0.25) is 11.8 Å². The quantitative estimate of drug-likeness (QED) is 0.0998. The van der Waals surface area contributed by atoms with Gasteiger partial charge in [0.25, 0.3) is 0 Å². The SMILES string of the molecule is COC(=O)N[C@H](C(=O)N1CCC[C@H]1c1ncc(-c2ccc(-c3ccc(-c4ccc5nc([C@@H]6CCCN6C(=O)[C@@H](NC(=O)OC)C(C)C)[nH]c5c4)c4c(C)ccc(C)c34)cc2)[nH]1)C(C)C. The molecule has 8 rings (SSSR count). The van der Waals surface area contributed by atoms with Crippen molar-refractivity contribution >= 4 is 45.8 Å². The lowest BCUT2D eigenvalue weighted by Crippen LogP contribution is -2.51. The zero-order chi connectivity index (χ0) is 45.4. The Hall–Kier alpha value is -6.70. The number of alkyl carbamates (subject to hydrolysis) is 2. The number of hydrogen-bond donors (Lipinski definition) is 4. The molecule has 0 unspecified atom stereocenters. The van der Waals surface area contributed by atoms with Crippen LogP contribution in [0.25, 0.3) is 55.3 Å². The van der Waals surface area contributed by atoms with Gasteiger partial charge in [-0.05, 0) is 113 Å². The van der Waals surface area contributed by atoms with Crippen LogP contribution >= 0.6 is 0 Å². The number of methoxy groups -OCH3 is 2. The number of rotatable bonds is 11. The standard InChI is InChI=1S/C50H58N8O6/c1-27(2)43(55-49(61)63-7)47(59)57-23-9-11-39(57)45-51-26-38(54-45)32-17-15-31(16-18-32)34-20-21-35(42-30(6)14-13-29(5)41(34)42)33-19-22-36-37(25-33)53-46(52-36)40-12-10-24-58(40)48(60)44(28(3)4)56-50(62)64-8/h13-22,25-28,39-40,43-44H,9-12,23-24H2,1-8H3,(H,51,54)(H,52,53)(H,55,61)(H,56,62)/t39-,40-,43-,44-/m0/s1. The Morgan fingerprint density at radius 2 is 1.16 bits per heavy atom. The highest BCUT2D eigenvalue weighted by Crippen LogP contribution is 2.41. The van der Waals surface area contributed by atoms with E-state index in [0.29, 0.717) is 13.1 Å². The molecule has 2 aliphatic heterocycles. The summed E-state index contributed by atoms with van der Waals surface area (Å²) in [6.07, 6.45) is 3.81. The van der Waals surface area contributed by atoms with E-state index < -0.39 is 24.3 Å². The van der Waals surface area contributed by atoms with E-state index in [1.54, 1.807) is 0 Å². The van der Waals surface area contributed by atoms with Crippen LogP contribution < -0.4 is 10.6 Å². The molecule has 4 aromatic carbocycles. The van der Waals surface area contributed by atoms with Crippen molar-refractivity contribution in [2.45, 2.75) is 91.4 Å². The van der Waals surface area contributed by atoms with Gasteiger partial charge in [0.1, 0.15) is 23.7 Å². The lowest BCUT2D eigenvalue weighted by atomic mass is 9.87. The molecule has 4 heterocycles. The third-order valence-electron chi connectivity index (χ3n) is 13.0. The minimum absolute atomic E-state index is 0.113. The average Bonchev–Trinajstić information content (AvgIpc) is 4.14. The molecule has 14 nitrogen and oxygen atoms in total. The first kappa shape index (κ1) is 43.9. The predicted molar refractivity (Wildman–Crippen MR) is 247 cm³/mol. The Labute approximate surface area is 373 Å². The van der Waals surface area contributed by atoms with Gasteiger partial charge in [-0.15, -0.1) is 0 Å². The minimum Gasteiger partial charge on any atom is -0.453 e. The molecule has 2 fully saturated rings. The van der Waals surface area contributed by atoms with E-state index in [0.717, 1.165) is 81.9 Å². The van der Waals surface area contributed by atoms with Gasteiger partial charge in [-0.25, -0.2) is 19.6 Å². The Kier molecular flexibility index (Phi) is 12.5. The number of benzene rings is 4. The number of likely N-dealkylation sites (tertiary alicyclic amines) is 2. The lowest BCUT2D eigenvalue weighted by Gasteiger charge is -2.30. The second kappa shape index (κ2) is 18.2. The van der Waals surface area contributed by atoms with E-state index in [1.807, 2.05) is 49.8 Å². The van der Waals surface area contributed by atoms with Crippen molar-refractivity contribution in [3.63, 3.8) is 0 Å². The Morgan fingerprint density at radius 3 is 1.69 bits per heavy atom. The molecule has 2 saturated heterocycles. The summed E-state index contributed by atoms with van der Waals surface area (Å²) in [7, 11) is 2.59. The molecule has 0 saturated carbocycles. The molecular weight excluding hydrogens is 809 g/mol. The number of imidazole rings is 2. The fourth-order valence-electron chi connectivity index (χ4n) is 9.54. The number of carbonyl (C=O) groups is 4. The van der Waals surface area contributed by atoms with E-state index >= 15 is 0 Å². The first-order valence-electron chi connectivity index (χ1n) is 22.3. The molecule has 0 radical (unpaired) electrons. The van der Waals surface area contributed by atoms with Crippen LogP contribution in [0.15, 0.2) is 72.9 Å². The van der Waals surface area contributed by atoms with Gasteiger partial charge in [0.15, 0.2) is 0 Å². The maximum atomic E-state index is 13.8. The average molecular weight is 867 g/mol. The van der Waals surface area contributed by atoms with Crippen molar-refractivity contribution in [2.24, 2.45) is 11.8 Å². The van der Waals surface area contributed by atoms with Gasteiger partial charge in [-0.1, -0.05) is 82.3 Å². The summed E-state index contributed by atoms with van der Waals surface area (Å²) in [6.45, 7) is 13.1. The van der Waals surface area contributed by atoms with Gasteiger partial charge >= 0.3 is 12.2 Å². The molecule has 4 amide bonds. The minimum atomic E-state index is -0.703. The van der Waals surface area contributed by atoms with Gasteiger partial charge in [0, 0.05) is 13.1 Å². The van der Waals surface area contributed by atoms with E-state index in [9.17, 15) is 19.2 Å². The largest absolute Gasteiger partial charge is 0.453 e. The lowest BCUT2D eigenvalue weighted by molar-refractivity contribution is -0.136. The summed E-state index contributed by atoms with van der Waals surface area (Å²) in [5.74, 6) is 0.953. The van der Waals surface area contributed by atoms with Gasteiger partial charge in [0.05, 0.1) is 49.2 Å². The number of fused-ring (bicyclic) bond motifs is 2. The Bertz CT molecular complexity index is 2720. The van der Waals surface area contributed by atoms with Crippen LogP contribution in [0.2, 0.25) is 0 Å². The number of aryl methyl sites for hydroxylation is 2. The molecule has 0 bridgehead atoms. The zero-order valence-electron chi connectivity index (χ0n) is 37.9. The van der Waals surface area contributed by atoms with Crippen LogP contribution in [0, 0.1) is 25.7 Å². The fraction of sp³-hybridized carbons (Fsp3) is 0.400. The van der Waals surface area contributed by atoms with E-state index in [4.69, 9.17) is 19.4 Å². The maximum absolute atomic E-state index is 13.8. The highest BCUT2D eigenvalue weighted by molar-refractivity contribution is 6.08. The Morgan fingerprint density at radius 1 is 0.656 bits per heavy atom. The summed E-state index contributed by atoms with van der Waals surface area (Å²) in [5, 5.41) is 7.81. The van der Waals surface area contributed by atoms with Crippen molar-refractivity contribution < 1.29 is 28.7 Å². The number of carbonyl (C=O) groups excluding carboxylic acids is 4. The Balaban J connectivity index is 1.05. The number of H-pyrrole nitrogens is 2. The number of aromatic amines is 2. The fourth-order valence-corrected chi connectivity index (χ4v) is 9.54. The second-order valence-electron chi connectivity index (χ2n) is 17.8. The summed E-state index contributed by atoms with van der Waals surface area (Å²) in [6, 6.07) is 21.7. The monoisotopic (exact) mass is 866 g/mol. The number of ether oxygens (including phenoxy) is 2. The predicted octanol–water partition coefficient (Wildman–Crippen LogP) is 9.15. The highest BCUT2D eigenvalue weighted by Gasteiger charge is 2.39. The van der Waals surface area contributed by atoms with Crippen molar-refractivity contribution in [1.29, 1.82) is 0 Å². The number of aromatic nitrogens is 4. The van der Waals surface area contributed by atoms with Gasteiger partial charge in [-0.2, -0.15) is 0 Å². The van der Waals surface area contributed by atoms with Gasteiger partial charge < -0.3 is 39.9 Å². The van der Waals surface area contributed by atoms with Crippen molar-refractivity contribution in [2.75, 3.05) is 27.3 Å². The smallest absolute Gasteiger partial charge is 0.407 e. The first-order chi connectivity index (χ1) is 30.8. The van der Waals surface area contributed by atoms with Crippen LogP contribution in [0.4, 0.5) is 9.59 Å². The number of amides is 4. The van der Waals surface area contributed by atoms with E-state index in [-0.39, 0.29) is 35.7 Å². The molecule has 2 aromatic heterocycles. The molecule has 334 valence electrons. The van der Waals surface area contributed by atoms with Crippen LogP contribution in [0.1, 0.15) is 88.2 Å². The third-order valence-corrected chi connectivity index (χ3v) is 13.0. The van der Waals surface area contributed by atoms with Crippen LogP contribution in [0.3, 0.4) is 0 Å². The van der Waals surface area contributed by atoms with Gasteiger partial charge in [-0.3, -0.25) is 9.59 Å². The van der Waals surface area contributed by atoms with E-state index in [2.05, 4.69) is 95.1 Å². The summed E-state index contributed by atoms with van der Waals surface area (Å²) < 4.78 is 9.60. The molecule has 2 aliphatic rings. The first-order valence-corrected chi connectivity index (χ1v) is 22.3.